The van der Waals surface area contributed by atoms with Gasteiger partial charge in [0.2, 0.25) is 5.91 Å². The number of hydrogen-bond donors (Lipinski definition) is 1. The van der Waals surface area contributed by atoms with Crippen molar-refractivity contribution in [1.82, 2.24) is 9.78 Å². The number of aromatic nitrogens is 2. The predicted molar refractivity (Wildman–Crippen MR) is 106 cm³/mol. The molecule has 1 aromatic heterocycles. The molecule has 5 heteroatoms. The van der Waals surface area contributed by atoms with Gasteiger partial charge in [0, 0.05) is 36.5 Å². The highest BCUT2D eigenvalue weighted by molar-refractivity contribution is 6.00. The maximum atomic E-state index is 12.4. The smallest absolute Gasteiger partial charge is 0.224 e. The van der Waals surface area contributed by atoms with E-state index in [0.29, 0.717) is 12.1 Å². The summed E-state index contributed by atoms with van der Waals surface area (Å²) in [6.45, 7) is 4.57. The molecule has 0 unspecified atom stereocenters. The highest BCUT2D eigenvalue weighted by Crippen LogP contribution is 2.17. The van der Waals surface area contributed by atoms with Crippen molar-refractivity contribution in [2.75, 3.05) is 5.32 Å². The topological polar surface area (TPSA) is 64.0 Å². The maximum absolute atomic E-state index is 12.4. The molecule has 0 saturated carbocycles. The van der Waals surface area contributed by atoms with Crippen LogP contribution in [-0.4, -0.2) is 21.5 Å². The summed E-state index contributed by atoms with van der Waals surface area (Å²) in [6.07, 6.45) is 3.94. The highest BCUT2D eigenvalue weighted by atomic mass is 16.2. The summed E-state index contributed by atoms with van der Waals surface area (Å²) in [5, 5.41) is 7.12. The second-order valence-corrected chi connectivity index (χ2v) is 6.63. The summed E-state index contributed by atoms with van der Waals surface area (Å²) in [4.78, 5) is 24.7. The zero-order valence-corrected chi connectivity index (χ0v) is 15.6. The van der Waals surface area contributed by atoms with E-state index in [1.54, 1.807) is 10.9 Å². The van der Waals surface area contributed by atoms with Crippen LogP contribution in [0.2, 0.25) is 0 Å². The van der Waals surface area contributed by atoms with Crippen molar-refractivity contribution >= 4 is 17.4 Å². The van der Waals surface area contributed by atoms with E-state index >= 15 is 0 Å². The molecule has 3 aromatic rings. The summed E-state index contributed by atoms with van der Waals surface area (Å²) in [6, 6.07) is 15.1. The van der Waals surface area contributed by atoms with Gasteiger partial charge in [0.25, 0.3) is 0 Å². The molecule has 27 heavy (non-hydrogen) atoms. The van der Waals surface area contributed by atoms with E-state index in [2.05, 4.69) is 10.4 Å². The summed E-state index contributed by atoms with van der Waals surface area (Å²) < 4.78 is 1.80. The number of benzene rings is 2. The molecule has 1 heterocycles. The SMILES string of the molecule is Cc1ccc(C(=O)CCC(=O)Nc2ccccc2Cn2cccn2)cc1C. The Balaban J connectivity index is 1.59. The van der Waals surface area contributed by atoms with E-state index in [9.17, 15) is 9.59 Å². The van der Waals surface area contributed by atoms with Crippen LogP contribution in [0.25, 0.3) is 0 Å². The lowest BCUT2D eigenvalue weighted by molar-refractivity contribution is -0.116. The molecule has 0 aliphatic carbocycles. The van der Waals surface area contributed by atoms with Crippen LogP contribution in [0.5, 0.6) is 0 Å². The first-order valence-corrected chi connectivity index (χ1v) is 8.98. The molecular weight excluding hydrogens is 338 g/mol. The summed E-state index contributed by atoms with van der Waals surface area (Å²) in [5.74, 6) is -0.182. The van der Waals surface area contributed by atoms with Gasteiger partial charge < -0.3 is 5.32 Å². The number of carbonyl (C=O) groups is 2. The first-order chi connectivity index (χ1) is 13.0. The van der Waals surface area contributed by atoms with E-state index in [1.807, 2.05) is 68.6 Å². The van der Waals surface area contributed by atoms with E-state index < -0.39 is 0 Å². The molecule has 0 radical (unpaired) electrons. The molecule has 0 fully saturated rings. The first kappa shape index (κ1) is 18.6. The van der Waals surface area contributed by atoms with Gasteiger partial charge in [-0.2, -0.15) is 5.10 Å². The monoisotopic (exact) mass is 361 g/mol. The third-order valence-corrected chi connectivity index (χ3v) is 4.59. The standard InChI is InChI=1S/C22H23N3O2/c1-16-8-9-18(14-17(16)2)21(26)10-11-22(27)24-20-7-4-3-6-19(20)15-25-13-5-12-23-25/h3-9,12-14H,10-11,15H2,1-2H3,(H,24,27). The molecule has 0 aliphatic rings. The Morgan fingerprint density at radius 1 is 1.00 bits per heavy atom. The lowest BCUT2D eigenvalue weighted by Crippen LogP contribution is -2.15. The normalized spacial score (nSPS) is 10.6. The summed E-state index contributed by atoms with van der Waals surface area (Å²) >= 11 is 0. The average Bonchev–Trinajstić information content (AvgIpc) is 3.17. The van der Waals surface area contributed by atoms with Crippen LogP contribution in [0.3, 0.4) is 0 Å². The quantitative estimate of drug-likeness (QED) is 0.643. The fourth-order valence-corrected chi connectivity index (χ4v) is 2.85. The van der Waals surface area contributed by atoms with Crippen molar-refractivity contribution in [1.29, 1.82) is 0 Å². The van der Waals surface area contributed by atoms with Crippen LogP contribution in [-0.2, 0) is 11.3 Å². The van der Waals surface area contributed by atoms with Crippen LogP contribution >= 0.6 is 0 Å². The van der Waals surface area contributed by atoms with Crippen LogP contribution in [0.4, 0.5) is 5.69 Å². The highest BCUT2D eigenvalue weighted by Gasteiger charge is 2.12. The van der Waals surface area contributed by atoms with Gasteiger partial charge in [0.15, 0.2) is 5.78 Å². The number of para-hydroxylation sites is 1. The zero-order valence-electron chi connectivity index (χ0n) is 15.6. The molecule has 0 spiro atoms. The second kappa shape index (κ2) is 8.45. The number of Topliss-reactive ketones (excluding diaryl/α,β-unsaturated/α-hetero) is 1. The molecule has 138 valence electrons. The molecule has 5 nitrogen and oxygen atoms in total. The van der Waals surface area contributed by atoms with Crippen molar-refractivity contribution in [2.24, 2.45) is 0 Å². The Bertz CT molecular complexity index is 946. The Morgan fingerprint density at radius 3 is 2.56 bits per heavy atom. The number of nitrogens with one attached hydrogen (secondary N) is 1. The Morgan fingerprint density at radius 2 is 1.81 bits per heavy atom. The van der Waals surface area contributed by atoms with Crippen LogP contribution in [0, 0.1) is 13.8 Å². The minimum Gasteiger partial charge on any atom is -0.326 e. The van der Waals surface area contributed by atoms with Gasteiger partial charge in [0.05, 0.1) is 6.54 Å². The van der Waals surface area contributed by atoms with Gasteiger partial charge in [-0.05, 0) is 48.7 Å². The molecule has 2 aromatic carbocycles. The van der Waals surface area contributed by atoms with Gasteiger partial charge in [0.1, 0.15) is 0 Å². The first-order valence-electron chi connectivity index (χ1n) is 8.98. The Hall–Kier alpha value is -3.21. The third-order valence-electron chi connectivity index (χ3n) is 4.59. The van der Waals surface area contributed by atoms with E-state index in [4.69, 9.17) is 0 Å². The van der Waals surface area contributed by atoms with Crippen molar-refractivity contribution in [3.63, 3.8) is 0 Å². The van der Waals surface area contributed by atoms with Crippen LogP contribution in [0.1, 0.15) is 39.9 Å². The average molecular weight is 361 g/mol. The number of rotatable bonds is 7. The lowest BCUT2D eigenvalue weighted by Gasteiger charge is -2.11. The zero-order chi connectivity index (χ0) is 19.2. The molecule has 0 saturated heterocycles. The van der Waals surface area contributed by atoms with Crippen molar-refractivity contribution in [3.05, 3.63) is 83.2 Å². The lowest BCUT2D eigenvalue weighted by atomic mass is 10.0. The number of nitrogens with zero attached hydrogens (tertiary/aromatic N) is 2. The molecule has 0 aliphatic heterocycles. The Kier molecular flexibility index (Phi) is 5.81. The summed E-state index contributed by atoms with van der Waals surface area (Å²) in [5.41, 5.74) is 4.60. The number of carbonyl (C=O) groups excluding carboxylic acids is 2. The van der Waals surface area contributed by atoms with Gasteiger partial charge in [-0.3, -0.25) is 14.3 Å². The summed E-state index contributed by atoms with van der Waals surface area (Å²) in [7, 11) is 0. The van der Waals surface area contributed by atoms with Gasteiger partial charge in [-0.1, -0.05) is 30.3 Å². The number of hydrogen-bond acceptors (Lipinski definition) is 3. The predicted octanol–water partition coefficient (Wildman–Crippen LogP) is 4.15. The van der Waals surface area contributed by atoms with Gasteiger partial charge in [-0.15, -0.1) is 0 Å². The van der Waals surface area contributed by atoms with Gasteiger partial charge >= 0.3 is 0 Å². The molecule has 0 bridgehead atoms. The van der Waals surface area contributed by atoms with Crippen molar-refractivity contribution < 1.29 is 9.59 Å². The number of amides is 1. The second-order valence-electron chi connectivity index (χ2n) is 6.63. The molecule has 3 rings (SSSR count). The van der Waals surface area contributed by atoms with E-state index in [-0.39, 0.29) is 24.5 Å². The van der Waals surface area contributed by atoms with Crippen LogP contribution in [0.15, 0.2) is 60.9 Å². The molecule has 1 amide bonds. The minimum atomic E-state index is -0.167. The van der Waals surface area contributed by atoms with Gasteiger partial charge in [-0.25, -0.2) is 0 Å². The largest absolute Gasteiger partial charge is 0.326 e. The molecular formula is C22H23N3O2. The van der Waals surface area contributed by atoms with Crippen LogP contribution < -0.4 is 5.32 Å². The molecule has 0 atom stereocenters. The maximum Gasteiger partial charge on any atom is 0.224 e. The van der Waals surface area contributed by atoms with E-state index in [1.165, 1.54) is 0 Å². The number of aryl methyl sites for hydroxylation is 2. The third kappa shape index (κ3) is 4.91. The number of anilines is 1. The fraction of sp³-hybridized carbons (Fsp3) is 0.227. The van der Waals surface area contributed by atoms with Crippen molar-refractivity contribution in [2.45, 2.75) is 33.2 Å². The Labute approximate surface area is 159 Å². The number of ketones is 1. The van der Waals surface area contributed by atoms with E-state index in [0.717, 1.165) is 22.4 Å². The van der Waals surface area contributed by atoms with Crippen molar-refractivity contribution in [3.8, 4) is 0 Å². The molecule has 1 N–H and O–H groups in total. The fourth-order valence-electron chi connectivity index (χ4n) is 2.85. The minimum absolute atomic E-state index is 0.0157.